The third-order valence-corrected chi connectivity index (χ3v) is 6.27. The molecule has 5 nitrogen and oxygen atoms in total. The molecule has 1 aliphatic rings. The van der Waals surface area contributed by atoms with Gasteiger partial charge >= 0.3 is 0 Å². The first kappa shape index (κ1) is 19.7. The van der Waals surface area contributed by atoms with Crippen molar-refractivity contribution in [3.05, 3.63) is 52.9 Å². The summed E-state index contributed by atoms with van der Waals surface area (Å²) < 4.78 is 0. The van der Waals surface area contributed by atoms with Gasteiger partial charge in [0.25, 0.3) is 5.91 Å². The maximum Gasteiger partial charge on any atom is 0.272 e. The van der Waals surface area contributed by atoms with Crippen LogP contribution in [0.5, 0.6) is 0 Å². The highest BCUT2D eigenvalue weighted by atomic mass is 32.1. The molecule has 0 saturated carbocycles. The van der Waals surface area contributed by atoms with E-state index in [-0.39, 0.29) is 5.91 Å². The van der Waals surface area contributed by atoms with Crippen LogP contribution in [-0.2, 0) is 0 Å². The number of thiophene rings is 1. The minimum Gasteiger partial charge on any atom is -0.303 e. The zero-order chi connectivity index (χ0) is 20.2. The first-order valence-corrected chi connectivity index (χ1v) is 11.0. The molecule has 1 N–H and O–H groups in total. The highest BCUT2D eigenvalue weighted by molar-refractivity contribution is 7.15. The van der Waals surface area contributed by atoms with Gasteiger partial charge in [-0.1, -0.05) is 25.1 Å². The second kappa shape index (κ2) is 8.84. The van der Waals surface area contributed by atoms with Gasteiger partial charge in [0.1, 0.15) is 0 Å². The summed E-state index contributed by atoms with van der Waals surface area (Å²) in [7, 11) is 0. The van der Waals surface area contributed by atoms with Crippen molar-refractivity contribution in [3.8, 4) is 10.6 Å². The molecule has 150 valence electrons. The largest absolute Gasteiger partial charge is 0.303 e. The second-order valence-electron chi connectivity index (χ2n) is 7.44. The van der Waals surface area contributed by atoms with E-state index in [0.29, 0.717) is 5.56 Å². The molecule has 29 heavy (non-hydrogen) atoms. The van der Waals surface area contributed by atoms with Crippen molar-refractivity contribution >= 4 is 33.9 Å². The van der Waals surface area contributed by atoms with Crippen LogP contribution in [0, 0.1) is 6.92 Å². The molecule has 1 fully saturated rings. The second-order valence-corrected chi connectivity index (χ2v) is 8.73. The first-order valence-electron chi connectivity index (χ1n) is 10.2. The van der Waals surface area contributed by atoms with Gasteiger partial charge < -0.3 is 4.90 Å². The van der Waals surface area contributed by atoms with Crippen LogP contribution >= 0.6 is 11.3 Å². The summed E-state index contributed by atoms with van der Waals surface area (Å²) in [6.07, 6.45) is 3.00. The number of benzene rings is 1. The highest BCUT2D eigenvalue weighted by Gasteiger charge is 2.17. The number of carbonyl (C=O) groups excluding carboxylic acids is 1. The zero-order valence-corrected chi connectivity index (χ0v) is 17.8. The maximum atomic E-state index is 13.0. The summed E-state index contributed by atoms with van der Waals surface area (Å²) in [5.74, 6) is -0.179. The predicted molar refractivity (Wildman–Crippen MR) is 121 cm³/mol. The Morgan fingerprint density at radius 3 is 2.72 bits per heavy atom. The number of hydrogen-bond acceptors (Lipinski definition) is 5. The number of aromatic nitrogens is 1. The number of nitrogens with one attached hydrogen (secondary N) is 1. The Morgan fingerprint density at radius 2 is 2.00 bits per heavy atom. The summed E-state index contributed by atoms with van der Waals surface area (Å²) in [5, 5.41) is 5.29. The van der Waals surface area contributed by atoms with Gasteiger partial charge in [-0.25, -0.2) is 10.4 Å². The predicted octanol–water partition coefficient (Wildman–Crippen LogP) is 4.86. The lowest BCUT2D eigenvalue weighted by atomic mass is 10.1. The van der Waals surface area contributed by atoms with Crippen molar-refractivity contribution in [2.24, 2.45) is 5.10 Å². The molecule has 1 saturated heterocycles. The number of aryl methyl sites for hydroxylation is 1. The summed E-state index contributed by atoms with van der Waals surface area (Å²) >= 11 is 1.68. The fourth-order valence-electron chi connectivity index (χ4n) is 3.71. The van der Waals surface area contributed by atoms with Crippen molar-refractivity contribution in [3.63, 3.8) is 0 Å². The smallest absolute Gasteiger partial charge is 0.272 e. The number of carbonyl (C=O) groups is 1. The van der Waals surface area contributed by atoms with E-state index >= 15 is 0 Å². The van der Waals surface area contributed by atoms with Crippen LogP contribution < -0.4 is 5.43 Å². The first-order chi connectivity index (χ1) is 14.1. The van der Waals surface area contributed by atoms with E-state index in [1.54, 1.807) is 11.3 Å². The maximum absolute atomic E-state index is 13.0. The number of amides is 1. The Morgan fingerprint density at radius 1 is 1.21 bits per heavy atom. The number of hydrazone groups is 1. The van der Waals surface area contributed by atoms with E-state index in [4.69, 9.17) is 4.98 Å². The number of rotatable bonds is 5. The van der Waals surface area contributed by atoms with Crippen molar-refractivity contribution in [2.75, 3.05) is 19.6 Å². The molecular formula is C23H26N4OS. The van der Waals surface area contributed by atoms with Gasteiger partial charge in [0.2, 0.25) is 0 Å². The van der Waals surface area contributed by atoms with Crippen molar-refractivity contribution in [1.82, 2.24) is 15.3 Å². The lowest BCUT2D eigenvalue weighted by molar-refractivity contribution is 0.0956. The van der Waals surface area contributed by atoms with Gasteiger partial charge in [0, 0.05) is 41.9 Å². The molecule has 6 heteroatoms. The Labute approximate surface area is 175 Å². The quantitative estimate of drug-likeness (QED) is 0.616. The topological polar surface area (TPSA) is 57.6 Å². The molecule has 0 atom stereocenters. The van der Waals surface area contributed by atoms with Crippen molar-refractivity contribution < 1.29 is 4.79 Å². The number of pyridine rings is 1. The number of para-hydroxylation sites is 1. The minimum atomic E-state index is -0.179. The summed E-state index contributed by atoms with van der Waals surface area (Å²) in [5.41, 5.74) is 6.13. The van der Waals surface area contributed by atoms with Crippen molar-refractivity contribution in [2.45, 2.75) is 33.1 Å². The van der Waals surface area contributed by atoms with Crippen LogP contribution in [-0.4, -0.2) is 41.1 Å². The molecule has 0 unspecified atom stereocenters. The molecule has 3 aromatic rings. The minimum absolute atomic E-state index is 0.179. The number of piperidine rings is 1. The molecule has 3 heterocycles. The summed E-state index contributed by atoms with van der Waals surface area (Å²) in [4.78, 5) is 22.5. The summed E-state index contributed by atoms with van der Waals surface area (Å²) in [6.45, 7) is 7.44. The normalized spacial score (nSPS) is 14.9. The van der Waals surface area contributed by atoms with Crippen LogP contribution in [0.25, 0.3) is 21.5 Å². The highest BCUT2D eigenvalue weighted by Crippen LogP contribution is 2.29. The summed E-state index contributed by atoms with van der Waals surface area (Å²) in [6, 6.07) is 13.8. The Bertz CT molecular complexity index is 1050. The SMILES string of the molecule is CCCN1CCC(=NNC(=O)c2cc(-c3ccc(C)s3)nc3ccccc23)CC1. The van der Waals surface area contributed by atoms with Crippen LogP contribution in [0.3, 0.4) is 0 Å². The van der Waals surface area contributed by atoms with Gasteiger partial charge in [0.05, 0.1) is 21.7 Å². The van der Waals surface area contributed by atoms with E-state index in [1.165, 1.54) is 11.3 Å². The molecule has 0 bridgehead atoms. The average molecular weight is 407 g/mol. The Hall–Kier alpha value is -2.57. The van der Waals surface area contributed by atoms with Gasteiger partial charge in [-0.15, -0.1) is 11.3 Å². The number of nitrogens with zero attached hydrogens (tertiary/aromatic N) is 3. The van der Waals surface area contributed by atoms with Gasteiger partial charge in [-0.2, -0.15) is 5.10 Å². The van der Waals surface area contributed by atoms with E-state index in [9.17, 15) is 4.79 Å². The van der Waals surface area contributed by atoms with E-state index in [2.05, 4.69) is 41.4 Å². The number of likely N-dealkylation sites (tertiary alicyclic amines) is 1. The number of hydrogen-bond donors (Lipinski definition) is 1. The molecule has 4 rings (SSSR count). The average Bonchev–Trinajstić information content (AvgIpc) is 3.19. The van der Waals surface area contributed by atoms with Gasteiger partial charge in [0.15, 0.2) is 0 Å². The number of fused-ring (bicyclic) bond motifs is 1. The van der Waals surface area contributed by atoms with E-state index < -0.39 is 0 Å². The lowest BCUT2D eigenvalue weighted by Gasteiger charge is -2.26. The monoisotopic (exact) mass is 406 g/mol. The molecule has 0 aliphatic carbocycles. The third kappa shape index (κ3) is 4.54. The van der Waals surface area contributed by atoms with Gasteiger partial charge in [-0.05, 0) is 44.2 Å². The molecule has 1 aliphatic heterocycles. The molecular weight excluding hydrogens is 380 g/mol. The van der Waals surface area contributed by atoms with Crippen LogP contribution in [0.1, 0.15) is 41.4 Å². The van der Waals surface area contributed by atoms with E-state index in [0.717, 1.165) is 59.7 Å². The molecule has 1 aromatic carbocycles. The zero-order valence-electron chi connectivity index (χ0n) is 16.9. The Kier molecular flexibility index (Phi) is 6.02. The third-order valence-electron chi connectivity index (χ3n) is 5.24. The van der Waals surface area contributed by atoms with Crippen LogP contribution in [0.2, 0.25) is 0 Å². The fraction of sp³-hybridized carbons (Fsp3) is 0.348. The van der Waals surface area contributed by atoms with Crippen LogP contribution in [0.4, 0.5) is 0 Å². The van der Waals surface area contributed by atoms with Gasteiger partial charge in [-0.3, -0.25) is 4.79 Å². The van der Waals surface area contributed by atoms with Crippen molar-refractivity contribution in [1.29, 1.82) is 0 Å². The standard InChI is InChI=1S/C23H26N4OS/c1-3-12-27-13-10-17(11-14-27)25-26-23(28)19-15-21(22-9-8-16(2)29-22)24-20-7-5-4-6-18(19)20/h4-9,15H,3,10-14H2,1-2H3,(H,26,28). The molecule has 0 spiro atoms. The fourth-order valence-corrected chi connectivity index (χ4v) is 4.54. The Balaban J connectivity index is 1.58. The molecule has 2 aromatic heterocycles. The lowest BCUT2D eigenvalue weighted by Crippen LogP contribution is -2.35. The molecule has 0 radical (unpaired) electrons. The van der Waals surface area contributed by atoms with Crippen LogP contribution in [0.15, 0.2) is 47.6 Å². The van der Waals surface area contributed by atoms with E-state index in [1.807, 2.05) is 30.3 Å². The molecule has 1 amide bonds.